The van der Waals surface area contributed by atoms with Crippen LogP contribution in [0.2, 0.25) is 0 Å². The molecule has 1 N–H and O–H groups in total. The fraction of sp³-hybridized carbons (Fsp3) is 0.294. The lowest BCUT2D eigenvalue weighted by Crippen LogP contribution is -2.28. The van der Waals surface area contributed by atoms with Crippen molar-refractivity contribution in [2.75, 3.05) is 6.54 Å². The molecule has 0 fully saturated rings. The summed E-state index contributed by atoms with van der Waals surface area (Å²) in [6, 6.07) is 17.2. The van der Waals surface area contributed by atoms with Gasteiger partial charge in [0.2, 0.25) is 0 Å². The fourth-order valence-electron chi connectivity index (χ4n) is 2.68. The summed E-state index contributed by atoms with van der Waals surface area (Å²) in [6.45, 7) is 2.00. The number of hydrogen-bond acceptors (Lipinski definition) is 1. The summed E-state index contributed by atoms with van der Waals surface area (Å²) in [7, 11) is 0. The molecule has 1 aliphatic rings. The zero-order valence-corrected chi connectivity index (χ0v) is 11.7. The Kier molecular flexibility index (Phi) is 3.86. The van der Waals surface area contributed by atoms with E-state index < -0.39 is 0 Å². The normalized spacial score (nSPS) is 16.8. The van der Waals surface area contributed by atoms with E-state index >= 15 is 0 Å². The maximum absolute atomic E-state index is 5.78. The van der Waals surface area contributed by atoms with Crippen molar-refractivity contribution in [3.05, 3.63) is 70.8 Å². The summed E-state index contributed by atoms with van der Waals surface area (Å²) in [6.07, 6.45) is 1.22. The van der Waals surface area contributed by atoms with Crippen LogP contribution in [0.4, 0.5) is 0 Å². The van der Waals surface area contributed by atoms with E-state index in [0.29, 0.717) is 11.8 Å². The van der Waals surface area contributed by atoms with E-state index in [2.05, 4.69) is 53.8 Å². The molecule has 0 heterocycles. The molecule has 2 aromatic carbocycles. The monoisotopic (exact) mass is 271 g/mol. The number of halogens is 1. The number of fused-ring (bicyclic) bond motifs is 1. The van der Waals surface area contributed by atoms with Crippen LogP contribution in [0.15, 0.2) is 48.5 Å². The first-order valence-corrected chi connectivity index (χ1v) is 7.32. The third-order valence-corrected chi connectivity index (χ3v) is 4.17. The van der Waals surface area contributed by atoms with Gasteiger partial charge in [-0.05, 0) is 28.7 Å². The van der Waals surface area contributed by atoms with Gasteiger partial charge in [-0.1, -0.05) is 48.5 Å². The number of hydrogen-bond donors (Lipinski definition) is 1. The summed E-state index contributed by atoms with van der Waals surface area (Å²) >= 11 is 5.78. The Bertz CT molecular complexity index is 547. The second-order valence-corrected chi connectivity index (χ2v) is 5.45. The molecule has 0 aliphatic heterocycles. The van der Waals surface area contributed by atoms with Gasteiger partial charge < -0.3 is 5.32 Å². The molecule has 0 aromatic heterocycles. The van der Waals surface area contributed by atoms with Crippen LogP contribution in [0.5, 0.6) is 0 Å². The number of benzene rings is 2. The van der Waals surface area contributed by atoms with E-state index in [-0.39, 0.29) is 0 Å². The third-order valence-electron chi connectivity index (χ3n) is 3.86. The molecule has 1 atom stereocenters. The molecule has 3 rings (SSSR count). The largest absolute Gasteiger partial charge is 0.312 e. The highest BCUT2D eigenvalue weighted by Crippen LogP contribution is 2.33. The van der Waals surface area contributed by atoms with Gasteiger partial charge in [0.25, 0.3) is 0 Å². The first kappa shape index (κ1) is 12.7. The van der Waals surface area contributed by atoms with E-state index in [0.717, 1.165) is 13.1 Å². The van der Waals surface area contributed by atoms with Gasteiger partial charge in [0.05, 0.1) is 0 Å². The molecule has 0 amide bonds. The lowest BCUT2D eigenvalue weighted by Gasteiger charge is -2.30. The molecule has 2 heteroatoms. The first-order valence-electron chi connectivity index (χ1n) is 6.79. The van der Waals surface area contributed by atoms with Crippen molar-refractivity contribution in [1.82, 2.24) is 5.32 Å². The quantitative estimate of drug-likeness (QED) is 0.815. The van der Waals surface area contributed by atoms with Gasteiger partial charge in [-0.15, -0.1) is 11.6 Å². The Labute approximate surface area is 119 Å². The first-order chi connectivity index (χ1) is 9.36. The molecule has 0 bridgehead atoms. The Morgan fingerprint density at radius 3 is 2.47 bits per heavy atom. The smallest absolute Gasteiger partial charge is 0.0474 e. The van der Waals surface area contributed by atoms with Crippen molar-refractivity contribution in [3.8, 4) is 0 Å². The summed E-state index contributed by atoms with van der Waals surface area (Å²) in [5, 5.41) is 3.55. The van der Waals surface area contributed by atoms with Crippen LogP contribution in [-0.2, 0) is 18.8 Å². The third kappa shape index (κ3) is 2.83. The van der Waals surface area contributed by atoms with E-state index in [1.54, 1.807) is 0 Å². The van der Waals surface area contributed by atoms with E-state index in [1.165, 1.54) is 28.7 Å². The summed E-state index contributed by atoms with van der Waals surface area (Å²) in [5.41, 5.74) is 5.54. The molecule has 2 aromatic rings. The standard InChI is InChI=1S/C17H18ClN/c18-10-13-5-7-14(8-6-13)11-19-12-16-9-15-3-1-2-4-17(15)16/h1-8,16,19H,9-12H2. The predicted molar refractivity (Wildman–Crippen MR) is 80.6 cm³/mol. The van der Waals surface area contributed by atoms with Crippen molar-refractivity contribution in [2.24, 2.45) is 0 Å². The topological polar surface area (TPSA) is 12.0 Å². The van der Waals surface area contributed by atoms with E-state index in [1.807, 2.05) is 0 Å². The Morgan fingerprint density at radius 1 is 1.00 bits per heavy atom. The van der Waals surface area contributed by atoms with Gasteiger partial charge in [-0.25, -0.2) is 0 Å². The fourth-order valence-corrected chi connectivity index (χ4v) is 2.86. The highest BCUT2D eigenvalue weighted by molar-refractivity contribution is 6.17. The molecular formula is C17H18ClN. The lowest BCUT2D eigenvalue weighted by atomic mass is 9.77. The molecule has 19 heavy (non-hydrogen) atoms. The zero-order chi connectivity index (χ0) is 13.1. The van der Waals surface area contributed by atoms with Crippen LogP contribution in [0.1, 0.15) is 28.2 Å². The van der Waals surface area contributed by atoms with Crippen molar-refractivity contribution < 1.29 is 0 Å². The van der Waals surface area contributed by atoms with Crippen LogP contribution < -0.4 is 5.32 Å². The number of alkyl halides is 1. The molecule has 1 aliphatic carbocycles. The van der Waals surface area contributed by atoms with E-state index in [9.17, 15) is 0 Å². The van der Waals surface area contributed by atoms with E-state index in [4.69, 9.17) is 11.6 Å². The Morgan fingerprint density at radius 2 is 1.74 bits per heavy atom. The van der Waals surface area contributed by atoms with Crippen molar-refractivity contribution >= 4 is 11.6 Å². The number of nitrogens with one attached hydrogen (secondary N) is 1. The minimum Gasteiger partial charge on any atom is -0.312 e. The van der Waals surface area contributed by atoms with Gasteiger partial charge in [0.1, 0.15) is 0 Å². The minimum atomic E-state index is 0.590. The van der Waals surface area contributed by atoms with Gasteiger partial charge >= 0.3 is 0 Å². The van der Waals surface area contributed by atoms with Crippen molar-refractivity contribution in [2.45, 2.75) is 24.8 Å². The van der Waals surface area contributed by atoms with Crippen molar-refractivity contribution in [1.29, 1.82) is 0 Å². The predicted octanol–water partition coefficient (Wildman–Crippen LogP) is 3.85. The summed E-state index contributed by atoms with van der Waals surface area (Å²) in [4.78, 5) is 0. The average molecular weight is 272 g/mol. The molecule has 0 radical (unpaired) electrons. The lowest BCUT2D eigenvalue weighted by molar-refractivity contribution is 0.535. The molecule has 1 nitrogen and oxygen atoms in total. The van der Waals surface area contributed by atoms with Crippen LogP contribution in [0.25, 0.3) is 0 Å². The maximum atomic E-state index is 5.78. The molecule has 1 unspecified atom stereocenters. The number of rotatable bonds is 5. The second-order valence-electron chi connectivity index (χ2n) is 5.18. The van der Waals surface area contributed by atoms with Gasteiger partial charge in [0, 0.05) is 24.9 Å². The molecule has 98 valence electrons. The van der Waals surface area contributed by atoms with Gasteiger partial charge in [-0.3, -0.25) is 0 Å². The maximum Gasteiger partial charge on any atom is 0.0474 e. The van der Waals surface area contributed by atoms with Crippen LogP contribution in [0, 0.1) is 0 Å². The van der Waals surface area contributed by atoms with Crippen LogP contribution >= 0.6 is 11.6 Å². The molecule has 0 saturated carbocycles. The Balaban J connectivity index is 1.49. The second kappa shape index (κ2) is 5.77. The van der Waals surface area contributed by atoms with Gasteiger partial charge in [-0.2, -0.15) is 0 Å². The average Bonchev–Trinajstić information content (AvgIpc) is 2.44. The zero-order valence-electron chi connectivity index (χ0n) is 10.9. The Hall–Kier alpha value is -1.31. The van der Waals surface area contributed by atoms with Crippen LogP contribution in [-0.4, -0.2) is 6.54 Å². The highest BCUT2D eigenvalue weighted by atomic mass is 35.5. The highest BCUT2D eigenvalue weighted by Gasteiger charge is 2.24. The molecule has 0 saturated heterocycles. The van der Waals surface area contributed by atoms with Crippen LogP contribution in [0.3, 0.4) is 0 Å². The van der Waals surface area contributed by atoms with Crippen molar-refractivity contribution in [3.63, 3.8) is 0 Å². The molecular weight excluding hydrogens is 254 g/mol. The summed E-state index contributed by atoms with van der Waals surface area (Å²) in [5.74, 6) is 1.28. The minimum absolute atomic E-state index is 0.590. The summed E-state index contributed by atoms with van der Waals surface area (Å²) < 4.78 is 0. The molecule has 0 spiro atoms. The SMILES string of the molecule is ClCc1ccc(CNCC2Cc3ccccc32)cc1. The van der Waals surface area contributed by atoms with Gasteiger partial charge in [0.15, 0.2) is 0 Å².